The predicted octanol–water partition coefficient (Wildman–Crippen LogP) is 2.30. The first-order valence-corrected chi connectivity index (χ1v) is 6.71. The van der Waals surface area contributed by atoms with Gasteiger partial charge in [-0.1, -0.05) is 15.9 Å². The van der Waals surface area contributed by atoms with E-state index in [0.29, 0.717) is 12.8 Å². The van der Waals surface area contributed by atoms with Gasteiger partial charge in [0.1, 0.15) is 0 Å². The molecule has 96 valence electrons. The number of carbonyl (C=O) groups excluding carboxylic acids is 2. The molecule has 2 atom stereocenters. The minimum atomic E-state index is -0.177. The van der Waals surface area contributed by atoms with Gasteiger partial charge in [0.05, 0.1) is 5.92 Å². The van der Waals surface area contributed by atoms with E-state index in [9.17, 15) is 9.59 Å². The molecule has 4 nitrogen and oxygen atoms in total. The third-order valence-corrected chi connectivity index (χ3v) is 3.65. The van der Waals surface area contributed by atoms with Crippen molar-refractivity contribution in [3.63, 3.8) is 0 Å². The Kier molecular flexibility index (Phi) is 4.01. The van der Waals surface area contributed by atoms with Crippen LogP contribution in [0, 0.1) is 5.92 Å². The highest BCUT2D eigenvalue weighted by atomic mass is 79.9. The standard InChI is InChI=1S/C13H15BrN2O2/c1-8(11-6-7-12(17)16-13(11)18)15-10-4-2-9(14)3-5-10/h2-5,8,11,15H,6-7H2,1H3,(H,16,17,18). The van der Waals surface area contributed by atoms with Crippen molar-refractivity contribution in [3.05, 3.63) is 28.7 Å². The van der Waals surface area contributed by atoms with Crippen molar-refractivity contribution in [2.45, 2.75) is 25.8 Å². The number of piperidine rings is 1. The molecule has 2 amide bonds. The van der Waals surface area contributed by atoms with Gasteiger partial charge in [-0.15, -0.1) is 0 Å². The van der Waals surface area contributed by atoms with Crippen molar-refractivity contribution < 1.29 is 9.59 Å². The molecule has 0 aliphatic carbocycles. The highest BCUT2D eigenvalue weighted by Gasteiger charge is 2.30. The van der Waals surface area contributed by atoms with Crippen LogP contribution in [0.3, 0.4) is 0 Å². The topological polar surface area (TPSA) is 58.2 Å². The number of hydrogen-bond acceptors (Lipinski definition) is 3. The number of rotatable bonds is 3. The van der Waals surface area contributed by atoms with Gasteiger partial charge in [-0.25, -0.2) is 0 Å². The molecule has 1 aliphatic rings. The Hall–Kier alpha value is -1.36. The summed E-state index contributed by atoms with van der Waals surface area (Å²) in [7, 11) is 0. The average Bonchev–Trinajstić information content (AvgIpc) is 2.32. The number of carbonyl (C=O) groups is 2. The van der Waals surface area contributed by atoms with Crippen LogP contribution in [-0.2, 0) is 9.59 Å². The van der Waals surface area contributed by atoms with Gasteiger partial charge in [0, 0.05) is 22.6 Å². The number of amides is 2. The third-order valence-electron chi connectivity index (χ3n) is 3.12. The van der Waals surface area contributed by atoms with Crippen molar-refractivity contribution in [2.24, 2.45) is 5.92 Å². The number of hydrogen-bond donors (Lipinski definition) is 2. The van der Waals surface area contributed by atoms with Crippen LogP contribution in [0.4, 0.5) is 5.69 Å². The lowest BCUT2D eigenvalue weighted by molar-refractivity contribution is -0.136. The first kappa shape index (κ1) is 13.1. The molecule has 1 heterocycles. The van der Waals surface area contributed by atoms with Crippen LogP contribution in [0.2, 0.25) is 0 Å². The van der Waals surface area contributed by atoms with Crippen LogP contribution in [0.5, 0.6) is 0 Å². The summed E-state index contributed by atoms with van der Waals surface area (Å²) >= 11 is 3.38. The Morgan fingerprint density at radius 2 is 2.00 bits per heavy atom. The molecule has 2 N–H and O–H groups in total. The molecule has 1 aliphatic heterocycles. The van der Waals surface area contributed by atoms with Crippen LogP contribution < -0.4 is 10.6 Å². The molecule has 0 saturated carbocycles. The highest BCUT2D eigenvalue weighted by Crippen LogP contribution is 2.21. The second kappa shape index (κ2) is 5.52. The SMILES string of the molecule is CC(Nc1ccc(Br)cc1)C1CCC(=O)NC1=O. The summed E-state index contributed by atoms with van der Waals surface area (Å²) in [5, 5.41) is 5.67. The maximum atomic E-state index is 11.7. The molecule has 1 aromatic carbocycles. The molecule has 2 rings (SSSR count). The summed E-state index contributed by atoms with van der Waals surface area (Å²) in [5.74, 6) is -0.512. The molecule has 0 bridgehead atoms. The molecule has 0 spiro atoms. The Morgan fingerprint density at radius 3 is 2.61 bits per heavy atom. The summed E-state index contributed by atoms with van der Waals surface area (Å²) in [5.41, 5.74) is 0.968. The van der Waals surface area contributed by atoms with Crippen LogP contribution in [0.1, 0.15) is 19.8 Å². The van der Waals surface area contributed by atoms with Gasteiger partial charge < -0.3 is 5.32 Å². The number of anilines is 1. The molecular formula is C13H15BrN2O2. The lowest BCUT2D eigenvalue weighted by atomic mass is 9.91. The predicted molar refractivity (Wildman–Crippen MR) is 73.1 cm³/mol. The van der Waals surface area contributed by atoms with E-state index in [2.05, 4.69) is 26.6 Å². The van der Waals surface area contributed by atoms with Gasteiger partial charge in [0.25, 0.3) is 0 Å². The molecule has 0 aromatic heterocycles. The number of halogens is 1. The van der Waals surface area contributed by atoms with E-state index >= 15 is 0 Å². The van der Waals surface area contributed by atoms with E-state index in [1.807, 2.05) is 31.2 Å². The Balaban J connectivity index is 1.99. The Labute approximate surface area is 114 Å². The van der Waals surface area contributed by atoms with Crippen molar-refractivity contribution >= 4 is 33.4 Å². The maximum Gasteiger partial charge on any atom is 0.231 e. The van der Waals surface area contributed by atoms with E-state index in [-0.39, 0.29) is 23.8 Å². The molecule has 1 fully saturated rings. The van der Waals surface area contributed by atoms with E-state index in [0.717, 1.165) is 10.2 Å². The van der Waals surface area contributed by atoms with Gasteiger partial charge in [-0.2, -0.15) is 0 Å². The summed E-state index contributed by atoms with van der Waals surface area (Å²) in [4.78, 5) is 22.8. The van der Waals surface area contributed by atoms with Gasteiger partial charge in [0.2, 0.25) is 11.8 Å². The van der Waals surface area contributed by atoms with Crippen molar-refractivity contribution in [1.82, 2.24) is 5.32 Å². The minimum Gasteiger partial charge on any atom is -0.382 e. The van der Waals surface area contributed by atoms with Gasteiger partial charge in [0.15, 0.2) is 0 Å². The first-order valence-electron chi connectivity index (χ1n) is 5.92. The second-order valence-electron chi connectivity index (χ2n) is 4.50. The molecule has 1 aromatic rings. The zero-order valence-electron chi connectivity index (χ0n) is 10.1. The van der Waals surface area contributed by atoms with Crippen LogP contribution in [0.15, 0.2) is 28.7 Å². The molecule has 1 saturated heterocycles. The summed E-state index contributed by atoms with van der Waals surface area (Å²) in [6.45, 7) is 1.96. The summed E-state index contributed by atoms with van der Waals surface area (Å²) < 4.78 is 1.02. The highest BCUT2D eigenvalue weighted by molar-refractivity contribution is 9.10. The van der Waals surface area contributed by atoms with E-state index in [1.165, 1.54) is 0 Å². The van der Waals surface area contributed by atoms with Gasteiger partial charge in [-0.05, 0) is 37.6 Å². The zero-order valence-corrected chi connectivity index (χ0v) is 11.7. The van der Waals surface area contributed by atoms with Crippen molar-refractivity contribution in [2.75, 3.05) is 5.32 Å². The van der Waals surface area contributed by atoms with Crippen LogP contribution >= 0.6 is 15.9 Å². The van der Waals surface area contributed by atoms with Crippen molar-refractivity contribution in [1.29, 1.82) is 0 Å². The lowest BCUT2D eigenvalue weighted by Crippen LogP contribution is -2.46. The fraction of sp³-hybridized carbons (Fsp3) is 0.385. The van der Waals surface area contributed by atoms with Gasteiger partial charge >= 0.3 is 0 Å². The number of imide groups is 1. The van der Waals surface area contributed by atoms with Crippen molar-refractivity contribution in [3.8, 4) is 0 Å². The largest absolute Gasteiger partial charge is 0.382 e. The first-order chi connectivity index (χ1) is 8.56. The average molecular weight is 311 g/mol. The summed E-state index contributed by atoms with van der Waals surface area (Å²) in [6.07, 6.45) is 1.03. The fourth-order valence-corrected chi connectivity index (χ4v) is 2.36. The molecular weight excluding hydrogens is 296 g/mol. The minimum absolute atomic E-state index is 0.000671. The molecule has 18 heavy (non-hydrogen) atoms. The third kappa shape index (κ3) is 3.10. The monoisotopic (exact) mass is 310 g/mol. The second-order valence-corrected chi connectivity index (χ2v) is 5.41. The Bertz CT molecular complexity index is 459. The quantitative estimate of drug-likeness (QED) is 0.842. The van der Waals surface area contributed by atoms with Gasteiger partial charge in [-0.3, -0.25) is 14.9 Å². The zero-order chi connectivity index (χ0) is 13.1. The number of benzene rings is 1. The normalized spacial score (nSPS) is 21.3. The van der Waals surface area contributed by atoms with E-state index < -0.39 is 0 Å². The molecule has 2 unspecified atom stereocenters. The van der Waals surface area contributed by atoms with E-state index in [1.54, 1.807) is 0 Å². The van der Waals surface area contributed by atoms with Crippen LogP contribution in [0.25, 0.3) is 0 Å². The molecule has 5 heteroatoms. The van der Waals surface area contributed by atoms with Crippen LogP contribution in [-0.4, -0.2) is 17.9 Å². The van der Waals surface area contributed by atoms with E-state index in [4.69, 9.17) is 0 Å². The molecule has 0 radical (unpaired) electrons. The smallest absolute Gasteiger partial charge is 0.231 e. The fourth-order valence-electron chi connectivity index (χ4n) is 2.10. The number of nitrogens with one attached hydrogen (secondary N) is 2. The summed E-state index contributed by atoms with van der Waals surface area (Å²) in [6, 6.07) is 7.79. The lowest BCUT2D eigenvalue weighted by Gasteiger charge is -2.27. The maximum absolute atomic E-state index is 11.7. The Morgan fingerprint density at radius 1 is 1.33 bits per heavy atom.